The molecular formula is C15H20N2O4. The number of aliphatic hydroxyl groups excluding tert-OH is 1. The zero-order chi connectivity index (χ0) is 15.7. The van der Waals surface area contributed by atoms with E-state index in [9.17, 15) is 9.59 Å². The van der Waals surface area contributed by atoms with Gasteiger partial charge >= 0.3 is 12.0 Å². The number of hydrogen-bond donors (Lipinski definition) is 3. The first-order chi connectivity index (χ1) is 10.0. The molecule has 0 aliphatic rings. The Morgan fingerprint density at radius 2 is 2.00 bits per heavy atom. The fourth-order valence-corrected chi connectivity index (χ4v) is 1.61. The molecule has 0 fully saturated rings. The number of nitrogens with one attached hydrogen (secondary N) is 1. The number of carboxylic acids is 1. The number of carbonyl (C=O) groups excluding carboxylic acids is 1. The number of carbonyl (C=O) groups is 2. The molecule has 0 saturated heterocycles. The Balaban J connectivity index is 2.58. The lowest BCUT2D eigenvalue weighted by Gasteiger charge is -2.22. The van der Waals surface area contributed by atoms with E-state index in [0.29, 0.717) is 0 Å². The van der Waals surface area contributed by atoms with Crippen molar-refractivity contribution in [3.63, 3.8) is 0 Å². The number of urea groups is 1. The van der Waals surface area contributed by atoms with E-state index in [-0.39, 0.29) is 19.7 Å². The van der Waals surface area contributed by atoms with Crippen LogP contribution in [0.1, 0.15) is 12.5 Å². The smallest absolute Gasteiger partial charge is 0.325 e. The molecule has 0 bridgehead atoms. The maximum Gasteiger partial charge on any atom is 0.325 e. The first-order valence-corrected chi connectivity index (χ1v) is 6.65. The van der Waals surface area contributed by atoms with Gasteiger partial charge in [0.15, 0.2) is 0 Å². The van der Waals surface area contributed by atoms with Gasteiger partial charge in [0.25, 0.3) is 0 Å². The lowest BCUT2D eigenvalue weighted by Crippen LogP contribution is -2.47. The molecular weight excluding hydrogens is 272 g/mol. The largest absolute Gasteiger partial charge is 0.480 e. The molecule has 6 nitrogen and oxygen atoms in total. The van der Waals surface area contributed by atoms with Crippen LogP contribution >= 0.6 is 0 Å². The van der Waals surface area contributed by atoms with Crippen molar-refractivity contribution in [1.82, 2.24) is 10.2 Å². The van der Waals surface area contributed by atoms with Gasteiger partial charge in [-0.25, -0.2) is 4.79 Å². The molecule has 0 spiro atoms. The van der Waals surface area contributed by atoms with Crippen LogP contribution in [0.3, 0.4) is 0 Å². The minimum absolute atomic E-state index is 0.136. The molecule has 3 N–H and O–H groups in total. The molecule has 1 rings (SSSR count). The standard InChI is InChI=1S/C15H20N2O4/c1-12(14(19)20)16-15(21)17(10-11-18)9-5-8-13-6-3-2-4-7-13/h2-8,12,18H,9-11H2,1H3,(H,16,21)(H,19,20)/t12-/m0/s1. The van der Waals surface area contributed by atoms with Crippen molar-refractivity contribution in [3.05, 3.63) is 42.0 Å². The SMILES string of the molecule is C[C@H](NC(=O)N(CC=Cc1ccccc1)CCO)C(=O)O. The van der Waals surface area contributed by atoms with Crippen LogP contribution in [0.5, 0.6) is 0 Å². The van der Waals surface area contributed by atoms with Gasteiger partial charge in [-0.05, 0) is 12.5 Å². The quantitative estimate of drug-likeness (QED) is 0.704. The summed E-state index contributed by atoms with van der Waals surface area (Å²) in [6.45, 7) is 1.62. The van der Waals surface area contributed by atoms with E-state index in [2.05, 4.69) is 5.32 Å². The molecule has 1 aromatic rings. The van der Waals surface area contributed by atoms with Gasteiger partial charge in [-0.15, -0.1) is 0 Å². The minimum atomic E-state index is -1.10. The van der Waals surface area contributed by atoms with E-state index in [1.54, 1.807) is 6.08 Å². The fourth-order valence-electron chi connectivity index (χ4n) is 1.61. The van der Waals surface area contributed by atoms with Crippen molar-refractivity contribution in [2.75, 3.05) is 19.7 Å². The zero-order valence-corrected chi connectivity index (χ0v) is 11.9. The van der Waals surface area contributed by atoms with Crippen LogP contribution in [0.4, 0.5) is 4.79 Å². The lowest BCUT2D eigenvalue weighted by atomic mass is 10.2. The molecule has 0 aliphatic heterocycles. The third kappa shape index (κ3) is 6.09. The van der Waals surface area contributed by atoms with Crippen LogP contribution in [0.25, 0.3) is 6.08 Å². The van der Waals surface area contributed by atoms with Gasteiger partial charge in [-0.3, -0.25) is 4.79 Å². The second kappa shape index (κ2) is 8.76. The van der Waals surface area contributed by atoms with Crippen molar-refractivity contribution in [3.8, 4) is 0 Å². The second-order valence-electron chi connectivity index (χ2n) is 4.49. The topological polar surface area (TPSA) is 89.9 Å². The van der Waals surface area contributed by atoms with Crippen LogP contribution in [-0.2, 0) is 4.79 Å². The Kier molecular flexibility index (Phi) is 6.97. The highest BCUT2D eigenvalue weighted by Gasteiger charge is 2.18. The molecule has 21 heavy (non-hydrogen) atoms. The maximum atomic E-state index is 11.9. The van der Waals surface area contributed by atoms with Gasteiger partial charge in [0.1, 0.15) is 6.04 Å². The Bertz CT molecular complexity index is 488. The predicted octanol–water partition coefficient (Wildman–Crippen LogP) is 1.18. The summed E-state index contributed by atoms with van der Waals surface area (Å²) < 4.78 is 0. The molecule has 1 atom stereocenters. The summed E-state index contributed by atoms with van der Waals surface area (Å²) in [5, 5.41) is 20.1. The molecule has 6 heteroatoms. The van der Waals surface area contributed by atoms with E-state index in [1.807, 2.05) is 36.4 Å². The third-order valence-electron chi connectivity index (χ3n) is 2.80. The normalized spacial score (nSPS) is 12.1. The van der Waals surface area contributed by atoms with E-state index in [0.717, 1.165) is 5.56 Å². The van der Waals surface area contributed by atoms with Crippen LogP contribution in [0, 0.1) is 0 Å². The summed E-state index contributed by atoms with van der Waals surface area (Å²) in [6, 6.07) is 8.10. The molecule has 0 unspecified atom stereocenters. The summed E-state index contributed by atoms with van der Waals surface area (Å²) in [4.78, 5) is 24.0. The Hall–Kier alpha value is -2.34. The first-order valence-electron chi connectivity index (χ1n) is 6.65. The predicted molar refractivity (Wildman–Crippen MR) is 79.8 cm³/mol. The molecule has 0 saturated carbocycles. The third-order valence-corrected chi connectivity index (χ3v) is 2.80. The summed E-state index contributed by atoms with van der Waals surface area (Å²) in [6.07, 6.45) is 3.65. The number of rotatable bonds is 7. The van der Waals surface area contributed by atoms with Crippen LogP contribution in [0.2, 0.25) is 0 Å². The van der Waals surface area contributed by atoms with E-state index in [1.165, 1.54) is 11.8 Å². The number of benzene rings is 1. The van der Waals surface area contributed by atoms with Crippen LogP contribution in [-0.4, -0.2) is 52.9 Å². The van der Waals surface area contributed by atoms with Gasteiger partial charge in [-0.1, -0.05) is 42.5 Å². The summed E-state index contributed by atoms with van der Waals surface area (Å²) in [7, 11) is 0. The Labute approximate surface area is 123 Å². The number of aliphatic hydroxyl groups is 1. The average molecular weight is 292 g/mol. The number of nitrogens with zero attached hydrogens (tertiary/aromatic N) is 1. The number of aliphatic carboxylic acids is 1. The monoisotopic (exact) mass is 292 g/mol. The van der Waals surface area contributed by atoms with E-state index < -0.39 is 18.0 Å². The summed E-state index contributed by atoms with van der Waals surface area (Å²) in [5.41, 5.74) is 1.00. The highest BCUT2D eigenvalue weighted by atomic mass is 16.4. The molecule has 0 aliphatic carbocycles. The number of carboxylic acid groups (broad SMARTS) is 1. The Morgan fingerprint density at radius 3 is 2.57 bits per heavy atom. The Morgan fingerprint density at radius 1 is 1.33 bits per heavy atom. The van der Waals surface area contributed by atoms with Crippen molar-refractivity contribution in [1.29, 1.82) is 0 Å². The van der Waals surface area contributed by atoms with Crippen molar-refractivity contribution in [2.45, 2.75) is 13.0 Å². The molecule has 1 aromatic carbocycles. The lowest BCUT2D eigenvalue weighted by molar-refractivity contribution is -0.138. The van der Waals surface area contributed by atoms with Crippen LogP contribution < -0.4 is 5.32 Å². The minimum Gasteiger partial charge on any atom is -0.480 e. The van der Waals surface area contributed by atoms with Gasteiger partial charge in [0.05, 0.1) is 6.61 Å². The first kappa shape index (κ1) is 16.7. The van der Waals surface area contributed by atoms with E-state index in [4.69, 9.17) is 10.2 Å². The van der Waals surface area contributed by atoms with Crippen LogP contribution in [0.15, 0.2) is 36.4 Å². The van der Waals surface area contributed by atoms with Gasteiger partial charge < -0.3 is 20.4 Å². The fraction of sp³-hybridized carbons (Fsp3) is 0.333. The van der Waals surface area contributed by atoms with Crippen molar-refractivity contribution < 1.29 is 19.8 Å². The number of hydrogen-bond acceptors (Lipinski definition) is 3. The highest BCUT2D eigenvalue weighted by molar-refractivity contribution is 5.82. The number of amides is 2. The molecule has 0 heterocycles. The zero-order valence-electron chi connectivity index (χ0n) is 11.9. The average Bonchev–Trinajstić information content (AvgIpc) is 2.47. The van der Waals surface area contributed by atoms with Gasteiger partial charge in [0.2, 0.25) is 0 Å². The maximum absolute atomic E-state index is 11.9. The summed E-state index contributed by atoms with van der Waals surface area (Å²) >= 11 is 0. The molecule has 2 amide bonds. The van der Waals surface area contributed by atoms with Crippen molar-refractivity contribution >= 4 is 18.1 Å². The van der Waals surface area contributed by atoms with Gasteiger partial charge in [-0.2, -0.15) is 0 Å². The second-order valence-corrected chi connectivity index (χ2v) is 4.49. The molecule has 0 radical (unpaired) electrons. The molecule has 114 valence electrons. The van der Waals surface area contributed by atoms with Gasteiger partial charge in [0, 0.05) is 13.1 Å². The van der Waals surface area contributed by atoms with Crippen molar-refractivity contribution in [2.24, 2.45) is 0 Å². The van der Waals surface area contributed by atoms with E-state index >= 15 is 0 Å². The highest BCUT2D eigenvalue weighted by Crippen LogP contribution is 2.01. The molecule has 0 aromatic heterocycles. The summed E-state index contributed by atoms with van der Waals surface area (Å²) in [5.74, 6) is -1.10.